The molecule has 0 atom stereocenters. The highest BCUT2D eigenvalue weighted by molar-refractivity contribution is 5.97. The van der Waals surface area contributed by atoms with Crippen LogP contribution in [-0.2, 0) is 6.42 Å². The number of benzene rings is 4. The van der Waals surface area contributed by atoms with E-state index in [4.69, 9.17) is 15.2 Å². The van der Waals surface area contributed by atoms with Crippen LogP contribution in [0.25, 0.3) is 95.2 Å². The summed E-state index contributed by atoms with van der Waals surface area (Å²) in [6.07, 6.45) is 12.6. The Balaban J connectivity index is 0.000000150. The van der Waals surface area contributed by atoms with Crippen molar-refractivity contribution in [3.05, 3.63) is 138 Å². The highest BCUT2D eigenvalue weighted by Crippen LogP contribution is 2.34. The van der Waals surface area contributed by atoms with Crippen molar-refractivity contribution in [2.24, 2.45) is 0 Å². The highest BCUT2D eigenvalue weighted by Gasteiger charge is 2.17. The molecule has 0 saturated carbocycles. The van der Waals surface area contributed by atoms with E-state index in [1.54, 1.807) is 12.3 Å². The molecule has 0 saturated heterocycles. The molecule has 12 nitrogen and oxygen atoms in total. The van der Waals surface area contributed by atoms with E-state index < -0.39 is 0 Å². The lowest BCUT2D eigenvalue weighted by molar-refractivity contribution is 0.288. The van der Waals surface area contributed by atoms with Gasteiger partial charge in [-0.1, -0.05) is 48.6 Å². The van der Waals surface area contributed by atoms with E-state index in [1.165, 1.54) is 11.1 Å². The van der Waals surface area contributed by atoms with Gasteiger partial charge < -0.3 is 20.2 Å². The number of H-pyrrole nitrogens is 4. The molecule has 0 amide bonds. The van der Waals surface area contributed by atoms with Crippen molar-refractivity contribution in [2.45, 2.75) is 26.7 Å². The number of nitrogens with one attached hydrogen (secondary N) is 4. The summed E-state index contributed by atoms with van der Waals surface area (Å²) in [6.45, 7) is 4.37. The molecule has 0 aliphatic rings. The smallest absolute Gasteiger partial charge is 0.159 e. The number of imidazole rings is 2. The van der Waals surface area contributed by atoms with Crippen molar-refractivity contribution in [1.82, 2.24) is 50.3 Å². The fourth-order valence-electron chi connectivity index (χ4n) is 7.42. The van der Waals surface area contributed by atoms with Gasteiger partial charge in [-0.3, -0.25) is 20.2 Å². The summed E-state index contributed by atoms with van der Waals surface area (Å²) in [6, 6.07) is 28.4. The summed E-state index contributed by atoms with van der Waals surface area (Å²) in [5, 5.41) is 35.5. The van der Waals surface area contributed by atoms with E-state index in [2.05, 4.69) is 83.4 Å². The quantitative estimate of drug-likeness (QED) is 0.0843. The molecular weight excluding hydrogens is 725 g/mol. The van der Waals surface area contributed by atoms with Crippen LogP contribution in [0.2, 0.25) is 0 Å². The maximum Gasteiger partial charge on any atom is 0.159 e. The first-order valence-corrected chi connectivity index (χ1v) is 19.1. The number of hydrogen-bond donors (Lipinski definition) is 6. The molecule has 6 heterocycles. The number of aryl methyl sites for hydroxylation is 1. The maximum atomic E-state index is 9.15. The number of para-hydroxylation sites is 4. The SMILES string of the molecule is Cc1c(/C=C/CO)cncc1-c1ccc2[nH]nc(-c3nc4ccccc4[nH]3)c2c1.Cc1c(CCCO)cncc1-c1ccc2[nH]nc(-c3nc4ccccc4[nH]3)c2c1. The van der Waals surface area contributed by atoms with Crippen molar-refractivity contribution in [3.63, 3.8) is 0 Å². The summed E-state index contributed by atoms with van der Waals surface area (Å²) < 4.78 is 0. The molecule has 0 fully saturated rings. The second-order valence-corrected chi connectivity index (χ2v) is 14.2. The number of aromatic nitrogens is 10. The Labute approximate surface area is 332 Å². The Morgan fingerprint density at radius 3 is 1.71 bits per heavy atom. The Bertz CT molecular complexity index is 3030. The first-order valence-electron chi connectivity index (χ1n) is 19.1. The van der Waals surface area contributed by atoms with E-state index in [0.29, 0.717) is 0 Å². The number of hydrogen-bond acceptors (Lipinski definition) is 8. The zero-order valence-electron chi connectivity index (χ0n) is 32.0. The molecule has 10 aromatic rings. The lowest BCUT2D eigenvalue weighted by Crippen LogP contribution is -1.96. The number of rotatable bonds is 9. The summed E-state index contributed by atoms with van der Waals surface area (Å²) in [7, 11) is 0. The van der Waals surface area contributed by atoms with Crippen LogP contribution >= 0.6 is 0 Å². The molecule has 0 aliphatic heterocycles. The normalized spacial score (nSPS) is 11.7. The fourth-order valence-corrected chi connectivity index (χ4v) is 7.42. The topological polar surface area (TPSA) is 181 Å². The van der Waals surface area contributed by atoms with Gasteiger partial charge >= 0.3 is 0 Å². The molecule has 6 aromatic heterocycles. The lowest BCUT2D eigenvalue weighted by Gasteiger charge is -2.11. The molecule has 4 aromatic carbocycles. The van der Waals surface area contributed by atoms with Gasteiger partial charge in [0.25, 0.3) is 0 Å². The minimum absolute atomic E-state index is 0.00546. The highest BCUT2D eigenvalue weighted by atomic mass is 16.3. The van der Waals surface area contributed by atoms with E-state index in [1.807, 2.05) is 85.3 Å². The first-order chi connectivity index (χ1) is 28.5. The first kappa shape index (κ1) is 36.4. The van der Waals surface area contributed by atoms with Crippen LogP contribution in [0.15, 0.2) is 116 Å². The minimum atomic E-state index is 0.00546. The fraction of sp³-hybridized carbons (Fsp3) is 0.130. The Morgan fingerprint density at radius 1 is 0.603 bits per heavy atom. The minimum Gasteiger partial charge on any atom is -0.396 e. The van der Waals surface area contributed by atoms with Gasteiger partial charge in [-0.05, 0) is 109 Å². The average Bonchev–Trinajstić information content (AvgIpc) is 4.07. The second kappa shape index (κ2) is 15.7. The Hall–Kier alpha value is -7.28. The third-order valence-electron chi connectivity index (χ3n) is 10.6. The molecule has 0 unspecified atom stereocenters. The van der Waals surface area contributed by atoms with Crippen LogP contribution in [0.3, 0.4) is 0 Å². The van der Waals surface area contributed by atoms with Gasteiger partial charge in [0.1, 0.15) is 11.4 Å². The van der Waals surface area contributed by atoms with Gasteiger partial charge in [-0.15, -0.1) is 0 Å². The van der Waals surface area contributed by atoms with E-state index >= 15 is 0 Å². The van der Waals surface area contributed by atoms with Crippen molar-refractivity contribution >= 4 is 49.9 Å². The number of aliphatic hydroxyl groups excluding tert-OH is 2. The maximum absolute atomic E-state index is 9.15. The van der Waals surface area contributed by atoms with Gasteiger partial charge in [0.05, 0.1) is 39.7 Å². The number of pyridine rings is 2. The van der Waals surface area contributed by atoms with Crippen LogP contribution in [0, 0.1) is 13.8 Å². The summed E-state index contributed by atoms with van der Waals surface area (Å²) in [5.41, 5.74) is 16.1. The van der Waals surface area contributed by atoms with Crippen molar-refractivity contribution in [1.29, 1.82) is 0 Å². The van der Waals surface area contributed by atoms with Gasteiger partial charge in [0.15, 0.2) is 11.6 Å². The zero-order chi connectivity index (χ0) is 39.6. The molecule has 58 heavy (non-hydrogen) atoms. The van der Waals surface area contributed by atoms with Crippen molar-refractivity contribution in [3.8, 4) is 45.3 Å². The molecule has 12 heteroatoms. The molecule has 10 rings (SSSR count). The predicted octanol–water partition coefficient (Wildman–Crippen LogP) is 8.88. The molecule has 0 aliphatic carbocycles. The van der Waals surface area contributed by atoms with Crippen LogP contribution in [0.1, 0.15) is 28.7 Å². The van der Waals surface area contributed by atoms with E-state index in [9.17, 15) is 0 Å². The van der Waals surface area contributed by atoms with Crippen LogP contribution in [0.4, 0.5) is 0 Å². The molecule has 0 radical (unpaired) electrons. The van der Waals surface area contributed by atoms with Gasteiger partial charge in [0, 0.05) is 53.3 Å². The van der Waals surface area contributed by atoms with Crippen LogP contribution in [0.5, 0.6) is 0 Å². The van der Waals surface area contributed by atoms with Crippen molar-refractivity contribution in [2.75, 3.05) is 13.2 Å². The number of nitrogens with zero attached hydrogens (tertiary/aromatic N) is 6. The number of aromatic amines is 4. The van der Waals surface area contributed by atoms with E-state index in [0.717, 1.165) is 113 Å². The number of aliphatic hydroxyl groups is 2. The standard InChI is InChI=1S/C23H21N5O.C23H19N5O/c2*1-14-16(5-4-10-29)12-24-13-18(14)15-8-9-19-17(11-15)22(28-27-19)23-25-20-6-2-3-7-21(20)26-23/h2-3,6-9,11-13,29H,4-5,10H2,1H3,(H,25,26)(H,27,28);2-9,11-13,29H,10H2,1H3,(H,25,26)(H,27,28)/b;5-4+. The monoisotopic (exact) mass is 764 g/mol. The molecular formula is C46H40N10O2. The van der Waals surface area contributed by atoms with Gasteiger partial charge in [-0.25, -0.2) is 9.97 Å². The third-order valence-corrected chi connectivity index (χ3v) is 10.6. The largest absolute Gasteiger partial charge is 0.396 e. The van der Waals surface area contributed by atoms with Gasteiger partial charge in [-0.2, -0.15) is 10.2 Å². The Morgan fingerprint density at radius 2 is 1.16 bits per heavy atom. The summed E-state index contributed by atoms with van der Waals surface area (Å²) in [4.78, 5) is 24.9. The van der Waals surface area contributed by atoms with Gasteiger partial charge in [0.2, 0.25) is 0 Å². The summed E-state index contributed by atoms with van der Waals surface area (Å²) in [5.74, 6) is 1.49. The number of fused-ring (bicyclic) bond motifs is 4. The zero-order valence-corrected chi connectivity index (χ0v) is 32.0. The molecule has 0 spiro atoms. The third kappa shape index (κ3) is 6.91. The van der Waals surface area contributed by atoms with Crippen molar-refractivity contribution < 1.29 is 10.2 Å². The molecule has 0 bridgehead atoms. The molecule has 6 N–H and O–H groups in total. The van der Waals surface area contributed by atoms with E-state index in [-0.39, 0.29) is 13.2 Å². The summed E-state index contributed by atoms with van der Waals surface area (Å²) >= 11 is 0. The van der Waals surface area contributed by atoms with Crippen LogP contribution < -0.4 is 0 Å². The predicted molar refractivity (Wildman–Crippen MR) is 230 cm³/mol. The second-order valence-electron chi connectivity index (χ2n) is 14.2. The Kier molecular flexibility index (Phi) is 9.84. The average molecular weight is 765 g/mol. The lowest BCUT2D eigenvalue weighted by atomic mass is 9.96. The molecule has 286 valence electrons. The van der Waals surface area contributed by atoms with Crippen LogP contribution in [-0.4, -0.2) is 73.7 Å².